The van der Waals surface area contributed by atoms with Crippen molar-refractivity contribution in [2.24, 2.45) is 0 Å². The van der Waals surface area contributed by atoms with E-state index in [4.69, 9.17) is 0 Å². The molecule has 2 heterocycles. The smallest absolute Gasteiger partial charge is 0.243 e. The van der Waals surface area contributed by atoms with Crippen LogP contribution in [-0.2, 0) is 31.4 Å². The number of hydrogen-bond donors (Lipinski definition) is 2. The van der Waals surface area contributed by atoms with Crippen LogP contribution in [0.25, 0.3) is 0 Å². The minimum absolute atomic E-state index is 0.00817. The Morgan fingerprint density at radius 2 is 1.47 bits per heavy atom. The Hall–Kier alpha value is -2.47. The number of anilines is 1. The van der Waals surface area contributed by atoms with Crippen LogP contribution in [0, 0.1) is 0 Å². The van der Waals surface area contributed by atoms with Gasteiger partial charge in [-0.1, -0.05) is 12.1 Å². The number of amides is 1. The Kier molecular flexibility index (Phi) is 6.52. The molecule has 0 saturated carbocycles. The summed E-state index contributed by atoms with van der Waals surface area (Å²) in [5.74, 6) is -0.0210. The first-order chi connectivity index (χ1) is 15.3. The molecule has 1 amide bonds. The maximum Gasteiger partial charge on any atom is 0.243 e. The average molecular weight is 479 g/mol. The van der Waals surface area contributed by atoms with Crippen LogP contribution in [0.2, 0.25) is 0 Å². The summed E-state index contributed by atoms with van der Waals surface area (Å²) in [6, 6.07) is 12.7. The highest BCUT2D eigenvalue weighted by Crippen LogP contribution is 2.22. The molecule has 2 fully saturated rings. The van der Waals surface area contributed by atoms with Gasteiger partial charge >= 0.3 is 0 Å². The number of carbonyl (C=O) groups is 1. The second kappa shape index (κ2) is 9.18. The van der Waals surface area contributed by atoms with Gasteiger partial charge in [0.25, 0.3) is 0 Å². The SMILES string of the molecule is O=C1CN(c2ccc(CNS(=O)(=O)c3ccc(S(=O)(=O)N4CCCC4)cc3)cc2)CCN1. The van der Waals surface area contributed by atoms with E-state index in [9.17, 15) is 21.6 Å². The topological polar surface area (TPSA) is 116 Å². The summed E-state index contributed by atoms with van der Waals surface area (Å²) in [6.45, 7) is 2.70. The van der Waals surface area contributed by atoms with E-state index in [-0.39, 0.29) is 22.2 Å². The standard InChI is InChI=1S/C21H26N4O5S2/c26-21-16-24(14-11-22-21)18-5-3-17(4-6-18)15-23-31(27,28)19-7-9-20(10-8-19)32(29,30)25-12-1-2-13-25/h3-10,23H,1-2,11-16H2,(H,22,26). The van der Waals surface area contributed by atoms with E-state index in [1.165, 1.54) is 28.6 Å². The Labute approximate surface area is 188 Å². The zero-order valence-electron chi connectivity index (χ0n) is 17.5. The number of sulfonamides is 2. The average Bonchev–Trinajstić information content (AvgIpc) is 3.34. The van der Waals surface area contributed by atoms with Gasteiger partial charge in [-0.25, -0.2) is 21.6 Å². The monoisotopic (exact) mass is 478 g/mol. The first kappa shape index (κ1) is 22.7. The van der Waals surface area contributed by atoms with Crippen LogP contribution in [0.4, 0.5) is 5.69 Å². The van der Waals surface area contributed by atoms with E-state index >= 15 is 0 Å². The van der Waals surface area contributed by atoms with Crippen molar-refractivity contribution in [3.05, 3.63) is 54.1 Å². The molecule has 2 aliphatic rings. The molecule has 172 valence electrons. The van der Waals surface area contributed by atoms with Crippen LogP contribution in [0.3, 0.4) is 0 Å². The molecule has 4 rings (SSSR count). The molecule has 2 aromatic carbocycles. The van der Waals surface area contributed by atoms with Gasteiger partial charge < -0.3 is 10.2 Å². The van der Waals surface area contributed by atoms with Crippen molar-refractivity contribution < 1.29 is 21.6 Å². The van der Waals surface area contributed by atoms with Crippen LogP contribution in [0.5, 0.6) is 0 Å². The lowest BCUT2D eigenvalue weighted by atomic mass is 10.2. The zero-order chi connectivity index (χ0) is 22.8. The molecule has 0 bridgehead atoms. The van der Waals surface area contributed by atoms with Crippen molar-refractivity contribution in [2.45, 2.75) is 29.2 Å². The highest BCUT2D eigenvalue weighted by molar-refractivity contribution is 7.89. The Balaban J connectivity index is 1.39. The maximum absolute atomic E-state index is 12.6. The number of carbonyl (C=O) groups excluding carboxylic acids is 1. The van der Waals surface area contributed by atoms with Crippen molar-refractivity contribution >= 4 is 31.6 Å². The molecule has 0 aliphatic carbocycles. The van der Waals surface area contributed by atoms with E-state index in [1.54, 1.807) is 0 Å². The summed E-state index contributed by atoms with van der Waals surface area (Å²) in [7, 11) is -7.38. The van der Waals surface area contributed by atoms with Gasteiger partial charge in [-0.05, 0) is 54.8 Å². The second-order valence-corrected chi connectivity index (χ2v) is 11.5. The molecule has 0 aromatic heterocycles. The molecule has 2 aromatic rings. The molecule has 2 N–H and O–H groups in total. The van der Waals surface area contributed by atoms with Gasteiger partial charge in [0.15, 0.2) is 0 Å². The van der Waals surface area contributed by atoms with E-state index in [1.807, 2.05) is 29.2 Å². The van der Waals surface area contributed by atoms with Crippen molar-refractivity contribution in [2.75, 3.05) is 37.6 Å². The summed E-state index contributed by atoms with van der Waals surface area (Å²) < 4.78 is 54.5. The molecule has 0 radical (unpaired) electrons. The molecule has 2 saturated heterocycles. The van der Waals surface area contributed by atoms with Crippen LogP contribution in [-0.4, -0.2) is 59.8 Å². The quantitative estimate of drug-likeness (QED) is 0.611. The van der Waals surface area contributed by atoms with Gasteiger partial charge in [-0.2, -0.15) is 4.31 Å². The molecular formula is C21H26N4O5S2. The summed E-state index contributed by atoms with van der Waals surface area (Å²) in [5, 5.41) is 2.78. The largest absolute Gasteiger partial charge is 0.360 e. The first-order valence-corrected chi connectivity index (χ1v) is 13.4. The normalized spacial score (nSPS) is 18.0. The highest BCUT2D eigenvalue weighted by atomic mass is 32.2. The fourth-order valence-electron chi connectivity index (χ4n) is 3.81. The lowest BCUT2D eigenvalue weighted by Gasteiger charge is -2.28. The fraction of sp³-hybridized carbons (Fsp3) is 0.381. The highest BCUT2D eigenvalue weighted by Gasteiger charge is 2.27. The van der Waals surface area contributed by atoms with Gasteiger partial charge in [0.1, 0.15) is 0 Å². The third-order valence-corrected chi connectivity index (χ3v) is 8.97. The van der Waals surface area contributed by atoms with Crippen LogP contribution in [0.1, 0.15) is 18.4 Å². The third kappa shape index (κ3) is 4.96. The first-order valence-electron chi connectivity index (χ1n) is 10.5. The van der Waals surface area contributed by atoms with E-state index in [2.05, 4.69) is 10.0 Å². The van der Waals surface area contributed by atoms with Crippen molar-refractivity contribution in [3.63, 3.8) is 0 Å². The predicted octanol–water partition coefficient (Wildman–Crippen LogP) is 0.886. The van der Waals surface area contributed by atoms with Gasteiger partial charge in [-0.3, -0.25) is 4.79 Å². The van der Waals surface area contributed by atoms with Crippen molar-refractivity contribution in [1.82, 2.24) is 14.3 Å². The summed E-state index contributed by atoms with van der Waals surface area (Å²) in [6.07, 6.45) is 1.67. The predicted molar refractivity (Wildman–Crippen MR) is 120 cm³/mol. The van der Waals surface area contributed by atoms with E-state index in [0.29, 0.717) is 26.2 Å². The number of rotatable bonds is 7. The van der Waals surface area contributed by atoms with Gasteiger partial charge in [0, 0.05) is 38.4 Å². The van der Waals surface area contributed by atoms with Gasteiger partial charge in [0.2, 0.25) is 26.0 Å². The van der Waals surface area contributed by atoms with E-state index < -0.39 is 20.0 Å². The maximum atomic E-state index is 12.6. The number of piperazine rings is 1. The van der Waals surface area contributed by atoms with Crippen molar-refractivity contribution in [3.8, 4) is 0 Å². The van der Waals surface area contributed by atoms with Crippen LogP contribution >= 0.6 is 0 Å². The molecule has 2 aliphatic heterocycles. The van der Waals surface area contributed by atoms with Gasteiger partial charge in [-0.15, -0.1) is 0 Å². The van der Waals surface area contributed by atoms with Crippen LogP contribution in [0.15, 0.2) is 58.3 Å². The molecule has 0 unspecified atom stereocenters. The minimum atomic E-state index is -3.80. The molecule has 0 spiro atoms. The molecule has 9 nitrogen and oxygen atoms in total. The zero-order valence-corrected chi connectivity index (χ0v) is 19.2. The number of nitrogens with zero attached hydrogens (tertiary/aromatic N) is 2. The second-order valence-electron chi connectivity index (χ2n) is 7.85. The Morgan fingerprint density at radius 1 is 0.844 bits per heavy atom. The molecule has 0 atom stereocenters. The number of hydrogen-bond acceptors (Lipinski definition) is 6. The lowest BCUT2D eigenvalue weighted by Crippen LogP contribution is -2.47. The molecule has 32 heavy (non-hydrogen) atoms. The molecular weight excluding hydrogens is 452 g/mol. The number of nitrogens with one attached hydrogen (secondary N) is 2. The van der Waals surface area contributed by atoms with Gasteiger partial charge in [0.05, 0.1) is 16.3 Å². The summed E-state index contributed by atoms with van der Waals surface area (Å²) in [4.78, 5) is 13.6. The third-order valence-electron chi connectivity index (χ3n) is 5.64. The summed E-state index contributed by atoms with van der Waals surface area (Å²) in [5.41, 5.74) is 1.67. The minimum Gasteiger partial charge on any atom is -0.360 e. The van der Waals surface area contributed by atoms with Crippen LogP contribution < -0.4 is 14.9 Å². The number of benzene rings is 2. The fourth-order valence-corrected chi connectivity index (χ4v) is 6.35. The summed E-state index contributed by atoms with van der Waals surface area (Å²) >= 11 is 0. The Bertz CT molecular complexity index is 1170. The lowest BCUT2D eigenvalue weighted by molar-refractivity contribution is -0.120. The van der Waals surface area contributed by atoms with Crippen molar-refractivity contribution in [1.29, 1.82) is 0 Å². The molecule has 11 heteroatoms. The Morgan fingerprint density at radius 3 is 2.09 bits per heavy atom. The van der Waals surface area contributed by atoms with E-state index in [0.717, 1.165) is 30.6 Å².